The second-order valence-electron chi connectivity index (χ2n) is 2.27. The van der Waals surface area contributed by atoms with Crippen molar-refractivity contribution in [3.05, 3.63) is 17.4 Å². The van der Waals surface area contributed by atoms with Crippen molar-refractivity contribution in [1.82, 2.24) is 13.9 Å². The third-order valence-electron chi connectivity index (χ3n) is 1.50. The Kier molecular flexibility index (Phi) is 1.62. The molecule has 4 nitrogen and oxygen atoms in total. The summed E-state index contributed by atoms with van der Waals surface area (Å²) >= 11 is 9.91. The van der Waals surface area contributed by atoms with E-state index in [1.165, 1.54) is 0 Å². The Labute approximate surface area is 78.9 Å². The first-order valence-corrected chi connectivity index (χ1v) is 3.95. The van der Waals surface area contributed by atoms with Crippen molar-refractivity contribution in [2.24, 2.45) is 0 Å². The lowest BCUT2D eigenvalue weighted by molar-refractivity contribution is 1.20. The second-order valence-corrected chi connectivity index (χ2v) is 3.06. The summed E-state index contributed by atoms with van der Waals surface area (Å²) in [5.41, 5.74) is 6.02. The summed E-state index contributed by atoms with van der Waals surface area (Å²) < 4.78 is 1.54. The molecule has 62 valence electrons. The molecule has 0 amide bonds. The fraction of sp³-hybridized carbons (Fsp3) is 0. The van der Waals surface area contributed by atoms with E-state index < -0.39 is 0 Å². The highest BCUT2D eigenvalue weighted by Crippen LogP contribution is 2.22. The van der Waals surface area contributed by atoms with Gasteiger partial charge in [-0.2, -0.15) is 4.98 Å². The molecule has 0 saturated heterocycles. The lowest BCUT2D eigenvalue weighted by Gasteiger charge is -1.96. The Morgan fingerprint density at radius 1 is 1.50 bits per heavy atom. The van der Waals surface area contributed by atoms with Crippen LogP contribution in [0.25, 0.3) is 11.0 Å². The molecule has 0 bridgehead atoms. The van der Waals surface area contributed by atoms with Gasteiger partial charge in [-0.1, -0.05) is 24.4 Å². The standard InChI is InChI=1S/C6H5ClN4S/c7-4-3-1-2-11(12)5(3)10-6(8)9-4/h1-2,12H,(H2,8,9,10). The normalized spacial score (nSPS) is 10.8. The fourth-order valence-corrected chi connectivity index (χ4v) is 1.43. The van der Waals surface area contributed by atoms with Crippen LogP contribution in [-0.4, -0.2) is 13.9 Å². The van der Waals surface area contributed by atoms with E-state index >= 15 is 0 Å². The first-order valence-electron chi connectivity index (χ1n) is 3.18. The molecule has 2 rings (SSSR count). The molecule has 0 aromatic carbocycles. The SMILES string of the molecule is Nc1nc(Cl)c2ccn(S)c2n1. The summed E-state index contributed by atoms with van der Waals surface area (Å²) in [7, 11) is 0. The van der Waals surface area contributed by atoms with Gasteiger partial charge in [0.05, 0.1) is 5.39 Å². The first-order chi connectivity index (χ1) is 5.68. The third kappa shape index (κ3) is 1.02. The van der Waals surface area contributed by atoms with Crippen LogP contribution >= 0.6 is 24.4 Å². The number of aromatic nitrogens is 3. The zero-order valence-electron chi connectivity index (χ0n) is 5.90. The molecule has 6 heteroatoms. The average Bonchev–Trinajstić information content (AvgIpc) is 2.33. The highest BCUT2D eigenvalue weighted by molar-refractivity contribution is 7.78. The van der Waals surface area contributed by atoms with Crippen LogP contribution in [0.15, 0.2) is 12.3 Å². The van der Waals surface area contributed by atoms with Gasteiger partial charge in [0, 0.05) is 6.20 Å². The minimum atomic E-state index is 0.154. The van der Waals surface area contributed by atoms with Gasteiger partial charge in [0.1, 0.15) is 5.15 Å². The quantitative estimate of drug-likeness (QED) is 0.499. The maximum absolute atomic E-state index is 5.80. The number of thiol groups is 1. The number of nitrogen functional groups attached to an aromatic ring is 1. The molecule has 0 atom stereocenters. The number of halogens is 1. The van der Waals surface area contributed by atoms with Crippen LogP contribution in [0.1, 0.15) is 0 Å². The van der Waals surface area contributed by atoms with E-state index in [2.05, 4.69) is 22.8 Å². The monoisotopic (exact) mass is 200 g/mol. The summed E-state index contributed by atoms with van der Waals surface area (Å²) in [6.07, 6.45) is 1.73. The minimum Gasteiger partial charge on any atom is -0.368 e. The van der Waals surface area contributed by atoms with Gasteiger partial charge in [-0.25, -0.2) is 4.98 Å². The molecule has 2 heterocycles. The molecule has 2 N–H and O–H groups in total. The van der Waals surface area contributed by atoms with E-state index in [4.69, 9.17) is 17.3 Å². The topological polar surface area (TPSA) is 56.7 Å². The van der Waals surface area contributed by atoms with E-state index in [1.807, 2.05) is 0 Å². The van der Waals surface area contributed by atoms with Crippen LogP contribution in [0.4, 0.5) is 5.95 Å². The Bertz CT molecular complexity index is 438. The highest BCUT2D eigenvalue weighted by atomic mass is 35.5. The number of hydrogen-bond donors (Lipinski definition) is 2. The minimum absolute atomic E-state index is 0.154. The van der Waals surface area contributed by atoms with Gasteiger partial charge in [0.25, 0.3) is 0 Å². The van der Waals surface area contributed by atoms with Crippen LogP contribution in [0.5, 0.6) is 0 Å². The third-order valence-corrected chi connectivity index (χ3v) is 2.11. The molecule has 0 saturated carbocycles. The lowest BCUT2D eigenvalue weighted by Crippen LogP contribution is -1.96. The summed E-state index contributed by atoms with van der Waals surface area (Å²) in [6, 6.07) is 1.78. The zero-order valence-corrected chi connectivity index (χ0v) is 7.55. The van der Waals surface area contributed by atoms with Crippen LogP contribution in [0.3, 0.4) is 0 Å². The average molecular weight is 201 g/mol. The van der Waals surface area contributed by atoms with Crippen molar-refractivity contribution in [3.63, 3.8) is 0 Å². The van der Waals surface area contributed by atoms with E-state index in [0.29, 0.717) is 10.8 Å². The fourth-order valence-electron chi connectivity index (χ4n) is 0.980. The molecule has 0 aliphatic heterocycles. The van der Waals surface area contributed by atoms with Crippen LogP contribution in [0, 0.1) is 0 Å². The number of rotatable bonds is 0. The Balaban J connectivity index is 2.92. The van der Waals surface area contributed by atoms with Gasteiger partial charge in [0.15, 0.2) is 5.65 Å². The van der Waals surface area contributed by atoms with Gasteiger partial charge >= 0.3 is 0 Å². The molecule has 2 aromatic rings. The molecule has 12 heavy (non-hydrogen) atoms. The van der Waals surface area contributed by atoms with Crippen molar-refractivity contribution < 1.29 is 0 Å². The molecule has 0 aliphatic rings. The van der Waals surface area contributed by atoms with Gasteiger partial charge in [0.2, 0.25) is 5.95 Å². The van der Waals surface area contributed by atoms with E-state index in [1.54, 1.807) is 16.2 Å². The number of nitrogens with two attached hydrogens (primary N) is 1. The zero-order chi connectivity index (χ0) is 8.72. The molecular weight excluding hydrogens is 196 g/mol. The van der Waals surface area contributed by atoms with E-state index in [-0.39, 0.29) is 5.95 Å². The lowest BCUT2D eigenvalue weighted by atomic mass is 10.4. The smallest absolute Gasteiger partial charge is 0.223 e. The summed E-state index contributed by atoms with van der Waals surface area (Å²) in [5, 5.41) is 1.10. The van der Waals surface area contributed by atoms with E-state index in [0.717, 1.165) is 5.39 Å². The maximum Gasteiger partial charge on any atom is 0.223 e. The molecule has 0 aliphatic carbocycles. The largest absolute Gasteiger partial charge is 0.368 e. The maximum atomic E-state index is 5.80. The Morgan fingerprint density at radius 2 is 2.25 bits per heavy atom. The molecular formula is C6H5ClN4S. The van der Waals surface area contributed by atoms with Gasteiger partial charge in [-0.05, 0) is 6.07 Å². The van der Waals surface area contributed by atoms with Crippen LogP contribution in [-0.2, 0) is 0 Å². The van der Waals surface area contributed by atoms with Crippen LogP contribution in [0.2, 0.25) is 5.15 Å². The molecule has 0 spiro atoms. The van der Waals surface area contributed by atoms with Gasteiger partial charge < -0.3 is 5.73 Å². The Morgan fingerprint density at radius 3 is 3.00 bits per heavy atom. The van der Waals surface area contributed by atoms with Crippen LogP contribution < -0.4 is 5.73 Å². The predicted octanol–water partition coefficient (Wildman–Crippen LogP) is 1.36. The number of fused-ring (bicyclic) bond motifs is 1. The summed E-state index contributed by atoms with van der Waals surface area (Å²) in [6.45, 7) is 0. The van der Waals surface area contributed by atoms with Crippen molar-refractivity contribution in [1.29, 1.82) is 0 Å². The Hall–Kier alpha value is -0.940. The number of hydrogen-bond acceptors (Lipinski definition) is 4. The first kappa shape index (κ1) is 7.70. The number of anilines is 1. The molecule has 0 fully saturated rings. The summed E-state index contributed by atoms with van der Waals surface area (Å²) in [5.74, 6) is 0.154. The van der Waals surface area contributed by atoms with Crippen molar-refractivity contribution in [2.45, 2.75) is 0 Å². The van der Waals surface area contributed by atoms with Crippen molar-refractivity contribution >= 4 is 41.4 Å². The number of nitrogens with zero attached hydrogens (tertiary/aromatic N) is 3. The van der Waals surface area contributed by atoms with E-state index in [9.17, 15) is 0 Å². The van der Waals surface area contributed by atoms with Gasteiger partial charge in [-0.15, -0.1) is 0 Å². The molecule has 0 radical (unpaired) electrons. The highest BCUT2D eigenvalue weighted by Gasteiger charge is 2.06. The van der Waals surface area contributed by atoms with Crippen molar-refractivity contribution in [3.8, 4) is 0 Å². The second kappa shape index (κ2) is 2.53. The summed E-state index contributed by atoms with van der Waals surface area (Å²) in [4.78, 5) is 7.76. The predicted molar refractivity (Wildman–Crippen MR) is 51.3 cm³/mol. The molecule has 2 aromatic heterocycles. The molecule has 0 unspecified atom stereocenters. The van der Waals surface area contributed by atoms with Crippen molar-refractivity contribution in [2.75, 3.05) is 5.73 Å². The van der Waals surface area contributed by atoms with Gasteiger partial charge in [-0.3, -0.25) is 3.97 Å².